The molecule has 11 rings (SSSR count). The first-order chi connectivity index (χ1) is 30.2. The molecule has 0 radical (unpaired) electrons. The standard InChI is InChI=1S/C24H27N7O2S.C19H17N5O3S/c1-29-7-9-30(10-8-29)24(32)15-3-4-17-20(11-15)34-23-21(17)22(25-14-26-23)28-18-12-16-5-6-27-31(16)13-19(18)33-2;1-27-14-8-24-11(4-5-22-24)7-13(14)23-17-16-12-3-2-10(19(25)26)6-15(12)28-18(16)21-9-20-17/h5-6,12-15H,3-4,7-11H2,1-2H3,(H,25,26,28);4-5,7-10H,2-3,6H2,1H3,(H,25,26)(H,20,21,23)/t15-;10-/m00/s1. The number of carboxylic acids is 1. The van der Waals surface area contributed by atoms with Gasteiger partial charge in [-0.3, -0.25) is 9.59 Å². The zero-order chi connectivity index (χ0) is 42.5. The number of carboxylic acid groups (broad SMARTS) is 1. The van der Waals surface area contributed by atoms with Crippen molar-refractivity contribution in [3.05, 3.63) is 82.6 Å². The summed E-state index contributed by atoms with van der Waals surface area (Å²) in [6.45, 7) is 3.56. The number of hydrogen-bond donors (Lipinski definition) is 3. The number of carbonyl (C=O) groups excluding carboxylic acids is 1. The van der Waals surface area contributed by atoms with Gasteiger partial charge in [0.15, 0.2) is 11.5 Å². The number of rotatable bonds is 8. The monoisotopic (exact) mass is 872 g/mol. The van der Waals surface area contributed by atoms with Crippen LogP contribution in [0.4, 0.5) is 23.0 Å². The van der Waals surface area contributed by atoms with Crippen molar-refractivity contribution in [3.8, 4) is 11.5 Å². The summed E-state index contributed by atoms with van der Waals surface area (Å²) in [4.78, 5) is 51.1. The van der Waals surface area contributed by atoms with E-state index >= 15 is 0 Å². The summed E-state index contributed by atoms with van der Waals surface area (Å²) in [5.74, 6) is 2.12. The normalized spacial score (nSPS) is 17.7. The topological polar surface area (TPSA) is 190 Å². The lowest BCUT2D eigenvalue weighted by molar-refractivity contribution is -0.142. The van der Waals surface area contributed by atoms with E-state index in [2.05, 4.69) is 57.6 Å². The number of nitrogens with zero attached hydrogens (tertiary/aromatic N) is 10. The molecule has 0 bridgehead atoms. The lowest BCUT2D eigenvalue weighted by atomic mass is 9.86. The van der Waals surface area contributed by atoms with Gasteiger partial charge in [-0.05, 0) is 81.0 Å². The van der Waals surface area contributed by atoms with Crippen LogP contribution in [-0.2, 0) is 35.3 Å². The van der Waals surface area contributed by atoms with Crippen LogP contribution in [0.25, 0.3) is 31.5 Å². The zero-order valence-corrected chi connectivity index (χ0v) is 36.0. The molecule has 8 aromatic rings. The summed E-state index contributed by atoms with van der Waals surface area (Å²) in [6.07, 6.45) is 14.7. The number of likely N-dealkylation sites (N-methyl/N-ethyl adjacent to an activating group) is 1. The van der Waals surface area contributed by atoms with Crippen molar-refractivity contribution in [2.45, 2.75) is 38.5 Å². The number of fused-ring (bicyclic) bond motifs is 8. The van der Waals surface area contributed by atoms with Crippen molar-refractivity contribution in [1.82, 2.24) is 49.0 Å². The molecule has 62 heavy (non-hydrogen) atoms. The second-order valence-electron chi connectivity index (χ2n) is 15.8. The van der Waals surface area contributed by atoms with Gasteiger partial charge in [-0.2, -0.15) is 10.2 Å². The molecule has 19 heteroatoms. The third-order valence-electron chi connectivity index (χ3n) is 12.1. The minimum absolute atomic E-state index is 0.0534. The molecular weight excluding hydrogens is 829 g/mol. The van der Waals surface area contributed by atoms with Gasteiger partial charge in [0.25, 0.3) is 0 Å². The Labute approximate surface area is 363 Å². The molecule has 3 N–H and O–H groups in total. The minimum Gasteiger partial charge on any atom is -0.493 e. The van der Waals surface area contributed by atoms with Crippen molar-refractivity contribution < 1.29 is 24.2 Å². The first-order valence-electron chi connectivity index (χ1n) is 20.5. The zero-order valence-electron chi connectivity index (χ0n) is 34.4. The molecule has 8 aromatic heterocycles. The van der Waals surface area contributed by atoms with E-state index in [4.69, 9.17) is 9.47 Å². The van der Waals surface area contributed by atoms with Crippen molar-refractivity contribution in [2.24, 2.45) is 11.8 Å². The van der Waals surface area contributed by atoms with Crippen LogP contribution in [0.1, 0.15) is 33.7 Å². The predicted molar refractivity (Wildman–Crippen MR) is 238 cm³/mol. The molecule has 0 unspecified atom stereocenters. The van der Waals surface area contributed by atoms with Gasteiger partial charge in [-0.1, -0.05) is 0 Å². The number of carbonyl (C=O) groups is 2. The second kappa shape index (κ2) is 16.4. The van der Waals surface area contributed by atoms with E-state index in [1.165, 1.54) is 16.8 Å². The summed E-state index contributed by atoms with van der Waals surface area (Å²) >= 11 is 3.25. The molecular formula is C43H44N12O5S2. The number of thiophene rings is 2. The highest BCUT2D eigenvalue weighted by Crippen LogP contribution is 2.43. The van der Waals surface area contributed by atoms with Crippen molar-refractivity contribution >= 4 is 89.0 Å². The van der Waals surface area contributed by atoms with E-state index in [-0.39, 0.29) is 11.8 Å². The average Bonchev–Trinajstić information content (AvgIpc) is 4.10. The molecule has 2 aliphatic carbocycles. The first-order valence-corrected chi connectivity index (χ1v) is 22.1. The van der Waals surface area contributed by atoms with Gasteiger partial charge in [0.1, 0.15) is 34.0 Å². The minimum atomic E-state index is -0.730. The third kappa shape index (κ3) is 7.38. The van der Waals surface area contributed by atoms with Gasteiger partial charge >= 0.3 is 5.97 Å². The summed E-state index contributed by atoms with van der Waals surface area (Å²) < 4.78 is 14.6. The maximum Gasteiger partial charge on any atom is 0.306 e. The number of aromatic nitrogens is 8. The quantitative estimate of drug-likeness (QED) is 0.155. The number of nitrogens with one attached hydrogen (secondary N) is 2. The van der Waals surface area contributed by atoms with E-state index in [0.29, 0.717) is 42.5 Å². The van der Waals surface area contributed by atoms with Gasteiger partial charge in [0, 0.05) is 54.2 Å². The van der Waals surface area contributed by atoms with E-state index in [1.807, 2.05) is 36.7 Å². The molecule has 1 amide bonds. The summed E-state index contributed by atoms with van der Waals surface area (Å²) in [6, 6.07) is 7.82. The van der Waals surface area contributed by atoms with Crippen LogP contribution in [0.2, 0.25) is 0 Å². The van der Waals surface area contributed by atoms with E-state index < -0.39 is 5.97 Å². The van der Waals surface area contributed by atoms with E-state index in [0.717, 1.165) is 105 Å². The number of hydrogen-bond acceptors (Lipinski definition) is 15. The Morgan fingerprint density at radius 2 is 1.23 bits per heavy atom. The van der Waals surface area contributed by atoms with E-state index in [9.17, 15) is 14.7 Å². The average molecular weight is 873 g/mol. The lowest BCUT2D eigenvalue weighted by Gasteiger charge is -2.35. The molecule has 1 aliphatic heterocycles. The predicted octanol–water partition coefficient (Wildman–Crippen LogP) is 6.25. The molecule has 3 aliphatic rings. The second-order valence-corrected chi connectivity index (χ2v) is 18.0. The SMILES string of the molecule is COc1cn2nccc2cc1Nc1ncnc2sc3c(c12)CC[C@H](C(=O)N1CCN(C)CC1)C3.COc1cn2nccc2cc1Nc1ncnc2sc3c(c12)CC[C@H](C(=O)O)C3. The Morgan fingerprint density at radius 3 is 1.73 bits per heavy atom. The number of aliphatic carboxylic acids is 1. The van der Waals surface area contributed by atoms with Gasteiger partial charge in [0.2, 0.25) is 5.91 Å². The molecule has 0 spiro atoms. The van der Waals surface area contributed by atoms with Gasteiger partial charge in [-0.25, -0.2) is 29.0 Å². The van der Waals surface area contributed by atoms with Crippen LogP contribution >= 0.6 is 22.7 Å². The fourth-order valence-corrected chi connectivity index (χ4v) is 11.3. The van der Waals surface area contributed by atoms with Crippen molar-refractivity contribution in [3.63, 3.8) is 0 Å². The third-order valence-corrected chi connectivity index (χ3v) is 14.5. The Hall–Kier alpha value is -6.44. The largest absolute Gasteiger partial charge is 0.493 e. The first kappa shape index (κ1) is 39.7. The molecule has 0 aromatic carbocycles. The number of methoxy groups -OCH3 is 2. The van der Waals surface area contributed by atoms with Crippen molar-refractivity contribution in [2.75, 3.05) is 58.1 Å². The fourth-order valence-electron chi connectivity index (χ4n) is 8.79. The van der Waals surface area contributed by atoms with Gasteiger partial charge < -0.3 is 35.0 Å². The molecule has 17 nitrogen and oxygen atoms in total. The lowest BCUT2D eigenvalue weighted by Crippen LogP contribution is -2.49. The number of ether oxygens (including phenoxy) is 2. The molecule has 318 valence electrons. The highest BCUT2D eigenvalue weighted by molar-refractivity contribution is 7.19. The van der Waals surface area contributed by atoms with E-state index in [1.54, 1.807) is 64.6 Å². The summed E-state index contributed by atoms with van der Waals surface area (Å²) in [7, 11) is 5.38. The maximum absolute atomic E-state index is 13.2. The summed E-state index contributed by atoms with van der Waals surface area (Å²) in [5.41, 5.74) is 5.94. The Bertz CT molecular complexity index is 2990. The van der Waals surface area contributed by atoms with Gasteiger partial charge in [0.05, 0.1) is 65.7 Å². The van der Waals surface area contributed by atoms with Crippen LogP contribution in [0.5, 0.6) is 11.5 Å². The fraction of sp³-hybridized carbons (Fsp3) is 0.349. The van der Waals surface area contributed by atoms with Crippen LogP contribution in [0, 0.1) is 11.8 Å². The summed E-state index contributed by atoms with van der Waals surface area (Å²) in [5, 5.41) is 26.8. The number of pyridine rings is 2. The number of anilines is 4. The van der Waals surface area contributed by atoms with Crippen LogP contribution in [0.3, 0.4) is 0 Å². The Morgan fingerprint density at radius 1 is 0.726 bits per heavy atom. The Balaban J connectivity index is 0.000000151. The smallest absolute Gasteiger partial charge is 0.306 e. The molecule has 9 heterocycles. The highest BCUT2D eigenvalue weighted by Gasteiger charge is 2.33. The number of piperazine rings is 1. The molecule has 2 atom stereocenters. The highest BCUT2D eigenvalue weighted by atomic mass is 32.1. The maximum atomic E-state index is 13.2. The van der Waals surface area contributed by atoms with Gasteiger partial charge in [-0.15, -0.1) is 22.7 Å². The number of aryl methyl sites for hydroxylation is 2. The molecule has 1 fully saturated rings. The molecule has 1 saturated heterocycles. The number of amides is 1. The van der Waals surface area contributed by atoms with Crippen LogP contribution in [0.15, 0.2) is 61.7 Å². The molecule has 0 saturated carbocycles. The van der Waals surface area contributed by atoms with Crippen LogP contribution in [-0.4, -0.2) is 113 Å². The van der Waals surface area contributed by atoms with Crippen LogP contribution < -0.4 is 20.1 Å². The van der Waals surface area contributed by atoms with Crippen molar-refractivity contribution in [1.29, 1.82) is 0 Å². The Kier molecular flexibility index (Phi) is 10.5.